The molecular weight excluding hydrogens is 291 g/mol. The van der Waals surface area contributed by atoms with Gasteiger partial charge in [-0.05, 0) is 32.1 Å². The number of carbonyl (C=O) groups is 1. The van der Waals surface area contributed by atoms with E-state index in [-0.39, 0.29) is 6.32 Å². The highest BCUT2D eigenvalue weighted by Gasteiger charge is 2.33. The minimum absolute atomic E-state index is 0.265. The molecule has 0 spiro atoms. The molecule has 1 aliphatic heterocycles. The molecule has 0 aromatic carbocycles. The number of carboxylic acids is 1. The standard InChI is InChI=1S/C13H27BN2O4S/c15-13(12(17)18,4-1-2-6-14(19)20)5-3-7-16-8-10-21-11-9-16/h19-20H,1-11,15H2,(H,17,18). The molecule has 1 rings (SSSR count). The van der Waals surface area contributed by atoms with E-state index < -0.39 is 18.6 Å². The molecule has 1 fully saturated rings. The highest BCUT2D eigenvalue weighted by molar-refractivity contribution is 7.99. The summed E-state index contributed by atoms with van der Waals surface area (Å²) in [7, 11) is -1.32. The third-order valence-corrected chi connectivity index (χ3v) is 4.90. The van der Waals surface area contributed by atoms with E-state index in [4.69, 9.17) is 15.8 Å². The number of aliphatic carboxylic acids is 1. The number of hydrogen-bond acceptors (Lipinski definition) is 6. The van der Waals surface area contributed by atoms with Crippen molar-refractivity contribution in [2.24, 2.45) is 5.73 Å². The normalized spacial score (nSPS) is 19.2. The molecular formula is C13H27BN2O4S. The van der Waals surface area contributed by atoms with Crippen molar-refractivity contribution < 1.29 is 19.9 Å². The molecule has 0 amide bonds. The number of thioether (sulfide) groups is 1. The molecule has 1 saturated heterocycles. The third kappa shape index (κ3) is 7.51. The zero-order valence-electron chi connectivity index (χ0n) is 12.5. The first-order valence-electron chi connectivity index (χ1n) is 7.62. The lowest BCUT2D eigenvalue weighted by Gasteiger charge is -2.29. The van der Waals surface area contributed by atoms with Gasteiger partial charge in [-0.2, -0.15) is 11.8 Å². The van der Waals surface area contributed by atoms with E-state index in [2.05, 4.69) is 4.90 Å². The molecule has 21 heavy (non-hydrogen) atoms. The van der Waals surface area contributed by atoms with E-state index in [1.807, 2.05) is 11.8 Å². The largest absolute Gasteiger partial charge is 0.480 e. The molecule has 1 unspecified atom stereocenters. The van der Waals surface area contributed by atoms with Gasteiger partial charge in [0.2, 0.25) is 0 Å². The highest BCUT2D eigenvalue weighted by atomic mass is 32.2. The van der Waals surface area contributed by atoms with Gasteiger partial charge >= 0.3 is 13.1 Å². The Morgan fingerprint density at radius 2 is 1.81 bits per heavy atom. The summed E-state index contributed by atoms with van der Waals surface area (Å²) in [4.78, 5) is 13.8. The van der Waals surface area contributed by atoms with E-state index >= 15 is 0 Å². The van der Waals surface area contributed by atoms with Crippen LogP contribution in [0.15, 0.2) is 0 Å². The number of carboxylic acid groups (broad SMARTS) is 1. The van der Waals surface area contributed by atoms with Crippen molar-refractivity contribution in [2.75, 3.05) is 31.1 Å². The van der Waals surface area contributed by atoms with E-state index in [0.717, 1.165) is 37.6 Å². The van der Waals surface area contributed by atoms with Crippen molar-refractivity contribution in [1.29, 1.82) is 0 Å². The fourth-order valence-corrected chi connectivity index (χ4v) is 3.53. The van der Waals surface area contributed by atoms with Crippen LogP contribution in [0, 0.1) is 0 Å². The van der Waals surface area contributed by atoms with Crippen molar-refractivity contribution in [3.63, 3.8) is 0 Å². The van der Waals surface area contributed by atoms with Crippen LogP contribution in [-0.4, -0.2) is 69.8 Å². The molecule has 122 valence electrons. The van der Waals surface area contributed by atoms with Crippen LogP contribution in [0.1, 0.15) is 32.1 Å². The van der Waals surface area contributed by atoms with Gasteiger partial charge in [-0.1, -0.05) is 12.8 Å². The van der Waals surface area contributed by atoms with Crippen LogP contribution in [0.4, 0.5) is 0 Å². The van der Waals surface area contributed by atoms with Gasteiger partial charge in [0.15, 0.2) is 0 Å². The fourth-order valence-electron chi connectivity index (χ4n) is 2.55. The molecule has 0 saturated carbocycles. The predicted octanol–water partition coefficient (Wildman–Crippen LogP) is 0.241. The number of nitrogens with two attached hydrogens (primary N) is 1. The topological polar surface area (TPSA) is 107 Å². The van der Waals surface area contributed by atoms with Crippen LogP contribution >= 0.6 is 11.8 Å². The van der Waals surface area contributed by atoms with Gasteiger partial charge in [-0.3, -0.25) is 4.79 Å². The summed E-state index contributed by atoms with van der Waals surface area (Å²) in [5, 5.41) is 26.9. The lowest BCUT2D eigenvalue weighted by molar-refractivity contribution is -0.144. The van der Waals surface area contributed by atoms with E-state index in [9.17, 15) is 9.90 Å². The Morgan fingerprint density at radius 1 is 1.19 bits per heavy atom. The monoisotopic (exact) mass is 318 g/mol. The first kappa shape index (κ1) is 18.8. The summed E-state index contributed by atoms with van der Waals surface area (Å²) in [5.41, 5.74) is 4.84. The second kappa shape index (κ2) is 9.68. The average molecular weight is 318 g/mol. The van der Waals surface area contributed by atoms with E-state index in [0.29, 0.717) is 25.7 Å². The lowest BCUT2D eigenvalue weighted by atomic mass is 9.81. The summed E-state index contributed by atoms with van der Waals surface area (Å²) >= 11 is 1.96. The van der Waals surface area contributed by atoms with E-state index in [1.165, 1.54) is 0 Å². The number of rotatable bonds is 10. The first-order chi connectivity index (χ1) is 9.94. The molecule has 0 aromatic rings. The molecule has 0 aromatic heterocycles. The molecule has 1 atom stereocenters. The minimum Gasteiger partial charge on any atom is -0.480 e. The SMILES string of the molecule is NC(CCCCB(O)O)(CCCN1CCSCC1)C(=O)O. The van der Waals surface area contributed by atoms with Crippen LogP contribution in [0.25, 0.3) is 0 Å². The zero-order valence-corrected chi connectivity index (χ0v) is 13.4. The van der Waals surface area contributed by atoms with Crippen molar-refractivity contribution in [3.8, 4) is 0 Å². The maximum absolute atomic E-state index is 11.4. The van der Waals surface area contributed by atoms with Crippen LogP contribution in [0.3, 0.4) is 0 Å². The van der Waals surface area contributed by atoms with Gasteiger partial charge in [0, 0.05) is 24.6 Å². The smallest absolute Gasteiger partial charge is 0.451 e. The highest BCUT2D eigenvalue weighted by Crippen LogP contribution is 2.20. The summed E-state index contributed by atoms with van der Waals surface area (Å²) in [6, 6.07) is 0. The van der Waals surface area contributed by atoms with Crippen molar-refractivity contribution in [2.45, 2.75) is 44.0 Å². The number of nitrogens with zero attached hydrogens (tertiary/aromatic N) is 1. The Kier molecular flexibility index (Phi) is 8.66. The van der Waals surface area contributed by atoms with Crippen LogP contribution in [-0.2, 0) is 4.79 Å². The van der Waals surface area contributed by atoms with Crippen LogP contribution in [0.5, 0.6) is 0 Å². The predicted molar refractivity (Wildman–Crippen MR) is 86.4 cm³/mol. The van der Waals surface area contributed by atoms with Crippen LogP contribution in [0.2, 0.25) is 6.32 Å². The fraction of sp³-hybridized carbons (Fsp3) is 0.923. The Hall–Kier alpha value is -0.275. The Bertz CT molecular complexity index is 317. The summed E-state index contributed by atoms with van der Waals surface area (Å²) in [6.45, 7) is 3.05. The van der Waals surface area contributed by atoms with Gasteiger partial charge in [0.1, 0.15) is 5.54 Å². The third-order valence-electron chi connectivity index (χ3n) is 3.96. The molecule has 6 nitrogen and oxygen atoms in total. The Morgan fingerprint density at radius 3 is 2.38 bits per heavy atom. The maximum atomic E-state index is 11.4. The minimum atomic E-state index is -1.32. The summed E-state index contributed by atoms with van der Waals surface area (Å²) in [5.74, 6) is 1.34. The van der Waals surface area contributed by atoms with E-state index in [1.54, 1.807) is 0 Å². The molecule has 0 radical (unpaired) electrons. The number of hydrogen-bond donors (Lipinski definition) is 4. The summed E-state index contributed by atoms with van der Waals surface area (Å²) in [6.07, 6.45) is 3.07. The second-order valence-electron chi connectivity index (χ2n) is 5.75. The first-order valence-corrected chi connectivity index (χ1v) is 8.78. The maximum Gasteiger partial charge on any atom is 0.451 e. The zero-order chi connectivity index (χ0) is 15.7. The Balaban J connectivity index is 2.28. The van der Waals surface area contributed by atoms with Crippen molar-refractivity contribution in [1.82, 2.24) is 4.90 Å². The second-order valence-corrected chi connectivity index (χ2v) is 6.97. The molecule has 8 heteroatoms. The summed E-state index contributed by atoms with van der Waals surface area (Å²) < 4.78 is 0. The van der Waals surface area contributed by atoms with Gasteiger partial charge in [-0.15, -0.1) is 0 Å². The average Bonchev–Trinajstić information content (AvgIpc) is 2.44. The van der Waals surface area contributed by atoms with Gasteiger partial charge < -0.3 is 25.8 Å². The number of unbranched alkanes of at least 4 members (excludes halogenated alkanes) is 1. The van der Waals surface area contributed by atoms with Crippen molar-refractivity contribution in [3.05, 3.63) is 0 Å². The molecule has 5 N–H and O–H groups in total. The van der Waals surface area contributed by atoms with Crippen molar-refractivity contribution >= 4 is 24.8 Å². The van der Waals surface area contributed by atoms with Gasteiger partial charge in [-0.25, -0.2) is 0 Å². The lowest BCUT2D eigenvalue weighted by Crippen LogP contribution is -2.48. The van der Waals surface area contributed by atoms with Crippen LogP contribution < -0.4 is 5.73 Å². The molecule has 0 bridgehead atoms. The molecule has 1 aliphatic rings. The van der Waals surface area contributed by atoms with Gasteiger partial charge in [0.25, 0.3) is 0 Å². The Labute approximate surface area is 131 Å². The van der Waals surface area contributed by atoms with Gasteiger partial charge in [0.05, 0.1) is 0 Å². The quantitative estimate of drug-likeness (QED) is 0.338. The molecule has 1 heterocycles. The molecule has 0 aliphatic carbocycles.